The second-order valence-corrected chi connectivity index (χ2v) is 3.69. The lowest BCUT2D eigenvalue weighted by Gasteiger charge is -1.81. The Labute approximate surface area is 68.9 Å². The first-order chi connectivity index (χ1) is 5.29. The Bertz CT molecular complexity index is 392. The largest absolute Gasteiger partial charge is 0.264 e. The molecule has 11 heavy (non-hydrogen) atoms. The number of fused-ring (bicyclic) bond motifs is 1. The maximum Gasteiger partial charge on any atom is 0.264 e. The number of nitrogens with two attached hydrogens (primary N) is 1. The van der Waals surface area contributed by atoms with Crippen LogP contribution in [0.2, 0.25) is 0 Å². The molecular weight excluding hydrogens is 156 g/mol. The standard InChI is InChI=1S/C8H9N2S/c1-6-10(9)7-4-2-3-5-8(7)11-6/h2-5H,9H2,1H3/q+1. The molecule has 0 amide bonds. The van der Waals surface area contributed by atoms with Crippen molar-refractivity contribution in [1.82, 2.24) is 0 Å². The quantitative estimate of drug-likeness (QED) is 0.461. The molecule has 2 rings (SSSR count). The number of para-hydroxylation sites is 1. The molecule has 56 valence electrons. The van der Waals surface area contributed by atoms with Crippen LogP contribution in [-0.4, -0.2) is 0 Å². The van der Waals surface area contributed by atoms with E-state index in [0.29, 0.717) is 0 Å². The maximum atomic E-state index is 5.77. The van der Waals surface area contributed by atoms with Crippen molar-refractivity contribution in [2.45, 2.75) is 6.92 Å². The van der Waals surface area contributed by atoms with Gasteiger partial charge in [-0.25, -0.2) is 5.84 Å². The third kappa shape index (κ3) is 0.886. The van der Waals surface area contributed by atoms with Crippen LogP contribution in [0.15, 0.2) is 24.3 Å². The van der Waals surface area contributed by atoms with Crippen LogP contribution in [0.4, 0.5) is 0 Å². The van der Waals surface area contributed by atoms with Crippen molar-refractivity contribution in [2.75, 3.05) is 5.84 Å². The zero-order valence-corrected chi connectivity index (χ0v) is 7.06. The summed E-state index contributed by atoms with van der Waals surface area (Å²) >= 11 is 1.72. The van der Waals surface area contributed by atoms with Crippen LogP contribution in [0, 0.1) is 6.92 Å². The topological polar surface area (TPSA) is 29.9 Å². The molecule has 0 saturated heterocycles. The minimum Gasteiger partial charge on any atom is -0.204 e. The summed E-state index contributed by atoms with van der Waals surface area (Å²) in [5.41, 5.74) is 1.11. The zero-order valence-electron chi connectivity index (χ0n) is 6.24. The van der Waals surface area contributed by atoms with Crippen LogP contribution >= 0.6 is 11.3 Å². The van der Waals surface area contributed by atoms with Gasteiger partial charge in [-0.05, 0) is 6.07 Å². The highest BCUT2D eigenvalue weighted by atomic mass is 32.1. The average Bonchev–Trinajstić information content (AvgIpc) is 2.30. The lowest BCUT2D eigenvalue weighted by molar-refractivity contribution is -0.613. The van der Waals surface area contributed by atoms with Crippen LogP contribution in [0.25, 0.3) is 10.2 Å². The second-order valence-electron chi connectivity index (χ2n) is 2.46. The molecule has 0 aliphatic heterocycles. The van der Waals surface area contributed by atoms with Gasteiger partial charge in [0.25, 0.3) is 10.5 Å². The normalized spacial score (nSPS) is 10.6. The molecule has 2 nitrogen and oxygen atoms in total. The Morgan fingerprint density at radius 2 is 2.09 bits per heavy atom. The number of nitrogen functional groups attached to an aromatic ring is 1. The number of rotatable bonds is 0. The molecule has 0 unspecified atom stereocenters. The fourth-order valence-corrected chi connectivity index (χ4v) is 2.05. The van der Waals surface area contributed by atoms with E-state index >= 15 is 0 Å². The third-order valence-electron chi connectivity index (χ3n) is 1.72. The number of benzene rings is 1. The van der Waals surface area contributed by atoms with Crippen LogP contribution in [0.1, 0.15) is 5.01 Å². The number of hydrogen-bond donors (Lipinski definition) is 1. The first-order valence-electron chi connectivity index (χ1n) is 3.44. The van der Waals surface area contributed by atoms with E-state index in [-0.39, 0.29) is 0 Å². The highest BCUT2D eigenvalue weighted by Crippen LogP contribution is 2.17. The predicted octanol–water partition coefficient (Wildman–Crippen LogP) is 1.21. The molecule has 2 aromatic rings. The van der Waals surface area contributed by atoms with Gasteiger partial charge >= 0.3 is 0 Å². The molecule has 0 spiro atoms. The highest BCUT2D eigenvalue weighted by molar-refractivity contribution is 7.18. The minimum absolute atomic E-state index is 1.11. The molecule has 0 saturated carbocycles. The molecule has 0 aliphatic rings. The molecule has 0 radical (unpaired) electrons. The second kappa shape index (κ2) is 2.20. The van der Waals surface area contributed by atoms with E-state index < -0.39 is 0 Å². The SMILES string of the molecule is Cc1sc2ccccc2[n+]1N. The van der Waals surface area contributed by atoms with Gasteiger partial charge in [0.1, 0.15) is 4.70 Å². The van der Waals surface area contributed by atoms with Crippen molar-refractivity contribution in [3.63, 3.8) is 0 Å². The smallest absolute Gasteiger partial charge is 0.204 e. The summed E-state index contributed by atoms with van der Waals surface area (Å²) in [5, 5.41) is 1.13. The Balaban J connectivity index is 2.92. The number of nitrogens with zero attached hydrogens (tertiary/aromatic N) is 1. The van der Waals surface area contributed by atoms with E-state index in [4.69, 9.17) is 5.84 Å². The van der Waals surface area contributed by atoms with Gasteiger partial charge in [0.15, 0.2) is 0 Å². The first kappa shape index (κ1) is 6.61. The van der Waals surface area contributed by atoms with Crippen molar-refractivity contribution >= 4 is 21.6 Å². The van der Waals surface area contributed by atoms with Crippen molar-refractivity contribution in [3.8, 4) is 0 Å². The van der Waals surface area contributed by atoms with Gasteiger partial charge in [0.2, 0.25) is 0 Å². The van der Waals surface area contributed by atoms with Gasteiger partial charge < -0.3 is 0 Å². The number of thiazole rings is 1. The minimum atomic E-state index is 1.11. The molecule has 1 aromatic carbocycles. The van der Waals surface area contributed by atoms with E-state index in [2.05, 4.69) is 6.07 Å². The van der Waals surface area contributed by atoms with Crippen molar-refractivity contribution < 1.29 is 4.68 Å². The zero-order chi connectivity index (χ0) is 7.84. The van der Waals surface area contributed by atoms with Crippen molar-refractivity contribution in [2.24, 2.45) is 0 Å². The molecule has 1 aromatic heterocycles. The molecule has 0 aliphatic carbocycles. The molecule has 0 fully saturated rings. The predicted molar refractivity (Wildman–Crippen MR) is 46.9 cm³/mol. The van der Waals surface area contributed by atoms with Crippen LogP contribution in [-0.2, 0) is 0 Å². The Hall–Kier alpha value is -1.09. The number of aromatic nitrogens is 1. The summed E-state index contributed by atoms with van der Waals surface area (Å²) in [6.45, 7) is 2.02. The van der Waals surface area contributed by atoms with Gasteiger partial charge in [0.05, 0.1) is 0 Å². The molecule has 0 bridgehead atoms. The molecule has 3 heteroatoms. The van der Waals surface area contributed by atoms with Crippen molar-refractivity contribution in [1.29, 1.82) is 0 Å². The Morgan fingerprint density at radius 1 is 1.36 bits per heavy atom. The summed E-state index contributed by atoms with van der Waals surface area (Å²) in [6.07, 6.45) is 0. The summed E-state index contributed by atoms with van der Waals surface area (Å²) in [6, 6.07) is 8.13. The van der Waals surface area contributed by atoms with Gasteiger partial charge in [-0.15, -0.1) is 0 Å². The lowest BCUT2D eigenvalue weighted by atomic mass is 10.3. The third-order valence-corrected chi connectivity index (χ3v) is 2.78. The fourth-order valence-electron chi connectivity index (χ4n) is 1.12. The van der Waals surface area contributed by atoms with Crippen LogP contribution < -0.4 is 10.5 Å². The molecular formula is C8H9N2S+. The van der Waals surface area contributed by atoms with E-state index in [1.807, 2.05) is 25.1 Å². The fraction of sp³-hybridized carbons (Fsp3) is 0.125. The summed E-state index contributed by atoms with van der Waals surface area (Å²) in [5.74, 6) is 5.77. The molecule has 1 heterocycles. The monoisotopic (exact) mass is 165 g/mol. The van der Waals surface area contributed by atoms with E-state index in [1.54, 1.807) is 16.0 Å². The maximum absolute atomic E-state index is 5.77. The Kier molecular flexibility index (Phi) is 1.32. The first-order valence-corrected chi connectivity index (χ1v) is 4.26. The highest BCUT2D eigenvalue weighted by Gasteiger charge is 2.12. The van der Waals surface area contributed by atoms with Gasteiger partial charge in [0, 0.05) is 13.0 Å². The number of hydrogen-bond acceptors (Lipinski definition) is 2. The molecule has 2 N–H and O–H groups in total. The van der Waals surface area contributed by atoms with Gasteiger partial charge in [-0.3, -0.25) is 0 Å². The lowest BCUT2D eigenvalue weighted by Crippen LogP contribution is -2.45. The van der Waals surface area contributed by atoms with Crippen molar-refractivity contribution in [3.05, 3.63) is 29.3 Å². The van der Waals surface area contributed by atoms with Gasteiger partial charge in [-0.1, -0.05) is 28.1 Å². The Morgan fingerprint density at radius 3 is 2.82 bits per heavy atom. The van der Waals surface area contributed by atoms with Crippen LogP contribution in [0.5, 0.6) is 0 Å². The van der Waals surface area contributed by atoms with E-state index in [0.717, 1.165) is 10.5 Å². The number of aryl methyl sites for hydroxylation is 1. The van der Waals surface area contributed by atoms with Crippen LogP contribution in [0.3, 0.4) is 0 Å². The van der Waals surface area contributed by atoms with E-state index in [1.165, 1.54) is 4.70 Å². The summed E-state index contributed by atoms with van der Waals surface area (Å²) < 4.78 is 2.97. The molecule has 0 atom stereocenters. The summed E-state index contributed by atoms with van der Waals surface area (Å²) in [7, 11) is 0. The average molecular weight is 165 g/mol. The van der Waals surface area contributed by atoms with E-state index in [9.17, 15) is 0 Å². The summed E-state index contributed by atoms with van der Waals surface area (Å²) in [4.78, 5) is 0. The van der Waals surface area contributed by atoms with Gasteiger partial charge in [-0.2, -0.15) is 0 Å².